The summed E-state index contributed by atoms with van der Waals surface area (Å²) in [6.45, 7) is 3.61. The number of carbonyl (C=O) groups excluding carboxylic acids is 1. The molecule has 0 atom stereocenters. The Kier molecular flexibility index (Phi) is 4.24. The quantitative estimate of drug-likeness (QED) is 0.617. The Morgan fingerprint density at radius 2 is 2.31 bits per heavy atom. The minimum atomic E-state index is -0.456. The fourth-order valence-corrected chi connectivity index (χ4v) is 1.53. The number of thiazole rings is 1. The van der Waals surface area contributed by atoms with E-state index < -0.39 is 5.91 Å². The average molecular weight is 241 g/mol. The van der Waals surface area contributed by atoms with Gasteiger partial charge >= 0.3 is 0 Å². The molecule has 0 fully saturated rings. The molecule has 0 aliphatic rings. The van der Waals surface area contributed by atoms with Gasteiger partial charge in [0, 0.05) is 11.4 Å². The molecule has 0 saturated carbocycles. The highest BCUT2D eigenvalue weighted by Gasteiger charge is 2.20. The normalized spacial score (nSPS) is 11.6. The largest absolute Gasteiger partial charge is 0.398 e. The third-order valence-electron chi connectivity index (χ3n) is 1.53. The van der Waals surface area contributed by atoms with Crippen molar-refractivity contribution in [3.8, 4) is 0 Å². The number of amides is 1. The highest BCUT2D eigenvalue weighted by atomic mass is 32.1. The van der Waals surface area contributed by atoms with Gasteiger partial charge < -0.3 is 10.6 Å². The molecule has 2 N–H and O–H groups in total. The van der Waals surface area contributed by atoms with Gasteiger partial charge in [0.1, 0.15) is 12.8 Å². The van der Waals surface area contributed by atoms with Crippen molar-refractivity contribution >= 4 is 28.1 Å². The van der Waals surface area contributed by atoms with E-state index in [1.54, 1.807) is 19.2 Å². The van der Waals surface area contributed by atoms with E-state index in [-0.39, 0.29) is 11.8 Å². The van der Waals surface area contributed by atoms with Crippen LogP contribution in [0.1, 0.15) is 19.5 Å². The maximum absolute atomic E-state index is 11.7. The molecule has 1 rings (SSSR count). The van der Waals surface area contributed by atoms with E-state index in [4.69, 9.17) is 5.73 Å². The number of nitrogens with zero attached hydrogens (tertiary/aromatic N) is 3. The van der Waals surface area contributed by atoms with Crippen LogP contribution in [0.3, 0.4) is 0 Å². The predicted molar refractivity (Wildman–Crippen MR) is 62.3 cm³/mol. The van der Waals surface area contributed by atoms with Gasteiger partial charge in [-0.3, -0.25) is 4.79 Å². The van der Waals surface area contributed by atoms with Gasteiger partial charge in [0.2, 0.25) is 0 Å². The third-order valence-corrected chi connectivity index (χ3v) is 2.20. The van der Waals surface area contributed by atoms with Gasteiger partial charge in [-0.05, 0) is 13.8 Å². The molecule has 0 saturated heterocycles. The Morgan fingerprint density at radius 1 is 1.62 bits per heavy atom. The first-order chi connectivity index (χ1) is 7.54. The summed E-state index contributed by atoms with van der Waals surface area (Å²) in [6.07, 6.45) is 0. The van der Waals surface area contributed by atoms with E-state index in [2.05, 4.69) is 20.3 Å². The van der Waals surface area contributed by atoms with Gasteiger partial charge in [0.15, 0.2) is 10.8 Å². The van der Waals surface area contributed by atoms with Gasteiger partial charge in [-0.25, -0.2) is 10.3 Å². The van der Waals surface area contributed by atoms with Crippen molar-refractivity contribution in [3.63, 3.8) is 0 Å². The molecule has 1 aromatic rings. The number of carbonyl (C=O) groups is 1. The average Bonchev–Trinajstić information content (AvgIpc) is 2.59. The molecule has 1 heterocycles. The van der Waals surface area contributed by atoms with Crippen LogP contribution in [-0.4, -0.2) is 29.8 Å². The highest BCUT2D eigenvalue weighted by Crippen LogP contribution is 2.12. The summed E-state index contributed by atoms with van der Waals surface area (Å²) in [5.74, 6) is -0.456. The molecule has 0 aliphatic carbocycles. The van der Waals surface area contributed by atoms with E-state index in [0.29, 0.717) is 10.8 Å². The summed E-state index contributed by atoms with van der Waals surface area (Å²) < 4.78 is 0. The maximum Gasteiger partial charge on any atom is 0.297 e. The van der Waals surface area contributed by atoms with Crippen LogP contribution in [0.4, 0.5) is 5.13 Å². The topological polar surface area (TPSA) is 91.7 Å². The number of nitrogen functional groups attached to an aromatic ring is 1. The van der Waals surface area contributed by atoms with Gasteiger partial charge in [0.05, 0.1) is 0 Å². The van der Waals surface area contributed by atoms with E-state index in [1.807, 2.05) is 0 Å². The zero-order valence-electron chi connectivity index (χ0n) is 9.30. The summed E-state index contributed by atoms with van der Waals surface area (Å²) >= 11 is 1.23. The molecule has 0 bridgehead atoms. The van der Waals surface area contributed by atoms with Crippen molar-refractivity contribution in [1.29, 1.82) is 0 Å². The molecular weight excluding hydrogens is 228 g/mol. The molecule has 0 aromatic carbocycles. The number of anilines is 1. The second kappa shape index (κ2) is 5.45. The summed E-state index contributed by atoms with van der Waals surface area (Å²) in [6, 6.07) is -0.106. The molecule has 16 heavy (non-hydrogen) atoms. The fraction of sp³-hybridized carbons (Fsp3) is 0.444. The molecule has 0 unspecified atom stereocenters. The molecule has 6 nitrogen and oxygen atoms in total. The lowest BCUT2D eigenvalue weighted by Crippen LogP contribution is -2.30. The van der Waals surface area contributed by atoms with Crippen molar-refractivity contribution in [3.05, 3.63) is 11.1 Å². The van der Waals surface area contributed by atoms with Crippen molar-refractivity contribution in [2.45, 2.75) is 19.9 Å². The molecule has 87 valence electrons. The smallest absolute Gasteiger partial charge is 0.297 e. The molecule has 0 aliphatic heterocycles. The van der Waals surface area contributed by atoms with Crippen LogP contribution in [0.2, 0.25) is 0 Å². The Balaban J connectivity index is 2.92. The maximum atomic E-state index is 11.7. The first-order valence-corrected chi connectivity index (χ1v) is 5.50. The van der Waals surface area contributed by atoms with Gasteiger partial charge in [-0.2, -0.15) is 0 Å². The molecule has 0 spiro atoms. The molecule has 1 amide bonds. The van der Waals surface area contributed by atoms with Crippen molar-refractivity contribution in [2.24, 2.45) is 5.16 Å². The predicted octanol–water partition coefficient (Wildman–Crippen LogP) is 0.615. The Bertz CT molecular complexity index is 400. The number of aromatic nitrogens is 1. The lowest BCUT2D eigenvalue weighted by Gasteiger charge is -2.05. The van der Waals surface area contributed by atoms with Crippen molar-refractivity contribution < 1.29 is 9.63 Å². The van der Waals surface area contributed by atoms with Crippen LogP contribution in [0.15, 0.2) is 10.5 Å². The number of rotatable bonds is 4. The second-order valence-corrected chi connectivity index (χ2v) is 4.11. The number of oxime groups is 1. The van der Waals surface area contributed by atoms with E-state index in [9.17, 15) is 4.79 Å². The minimum absolute atomic E-state index is 0.0733. The zero-order valence-corrected chi connectivity index (χ0v) is 10.1. The third kappa shape index (κ3) is 3.20. The molecule has 7 heteroatoms. The summed E-state index contributed by atoms with van der Waals surface area (Å²) in [4.78, 5) is 20.3. The zero-order chi connectivity index (χ0) is 12.1. The van der Waals surface area contributed by atoms with Crippen LogP contribution in [0, 0.1) is 0 Å². The fourth-order valence-electron chi connectivity index (χ4n) is 0.979. The standard InChI is InChI=1S/C9H13N4O2S/c1-5(2)11-8(14)7(13-15-3)6-4-16-9(10)12-6/h4-5H,1-3H3,(H2,10,12). The summed E-state index contributed by atoms with van der Waals surface area (Å²) in [5.41, 5.74) is 5.94. The summed E-state index contributed by atoms with van der Waals surface area (Å²) in [5, 5.41) is 9.49. The first kappa shape index (κ1) is 12.4. The summed E-state index contributed by atoms with van der Waals surface area (Å²) in [7, 11) is 1.36. The number of nitrogens with two attached hydrogens (primary N) is 1. The molecular formula is C9H13N4O2S. The van der Waals surface area contributed by atoms with E-state index in [0.717, 1.165) is 0 Å². The SMILES string of the molecule is CON=C(C(=O)[N]C(C)C)c1csc(N)n1. The minimum Gasteiger partial charge on any atom is -0.398 e. The number of hydrogen-bond donors (Lipinski definition) is 1. The number of hydrogen-bond acceptors (Lipinski definition) is 6. The van der Waals surface area contributed by atoms with Crippen molar-refractivity contribution in [1.82, 2.24) is 10.3 Å². The first-order valence-electron chi connectivity index (χ1n) is 4.62. The lowest BCUT2D eigenvalue weighted by molar-refractivity contribution is -0.115. The van der Waals surface area contributed by atoms with Gasteiger partial charge in [-0.1, -0.05) is 5.16 Å². The van der Waals surface area contributed by atoms with Crippen LogP contribution >= 0.6 is 11.3 Å². The van der Waals surface area contributed by atoms with Crippen LogP contribution in [0.5, 0.6) is 0 Å². The van der Waals surface area contributed by atoms with E-state index >= 15 is 0 Å². The highest BCUT2D eigenvalue weighted by molar-refractivity contribution is 7.13. The van der Waals surface area contributed by atoms with Crippen LogP contribution in [0.25, 0.3) is 0 Å². The lowest BCUT2D eigenvalue weighted by atomic mass is 10.2. The van der Waals surface area contributed by atoms with E-state index in [1.165, 1.54) is 18.4 Å². The van der Waals surface area contributed by atoms with Crippen LogP contribution in [-0.2, 0) is 9.63 Å². The monoisotopic (exact) mass is 241 g/mol. The van der Waals surface area contributed by atoms with Crippen LogP contribution < -0.4 is 11.1 Å². The second-order valence-electron chi connectivity index (χ2n) is 3.22. The van der Waals surface area contributed by atoms with Gasteiger partial charge in [-0.15, -0.1) is 11.3 Å². The molecule has 1 radical (unpaired) electrons. The molecule has 1 aromatic heterocycles. The van der Waals surface area contributed by atoms with Gasteiger partial charge in [0.25, 0.3) is 5.91 Å². The Morgan fingerprint density at radius 3 is 2.75 bits per heavy atom. The Labute approximate surface area is 97.5 Å². The Hall–Kier alpha value is -1.63. The van der Waals surface area contributed by atoms with Crippen molar-refractivity contribution in [2.75, 3.05) is 12.8 Å².